The quantitative estimate of drug-likeness (QED) is 0.0442. The number of nitrogens with zero attached hydrogens (tertiary/aromatic N) is 3. The summed E-state index contributed by atoms with van der Waals surface area (Å²) < 4.78 is 23.4. The Balaban J connectivity index is 4.45. The minimum absolute atomic E-state index is 0.0974. The van der Waals surface area contributed by atoms with Gasteiger partial charge in [0.05, 0.1) is 19.8 Å². The van der Waals surface area contributed by atoms with Crippen molar-refractivity contribution in [3.8, 4) is 0 Å². The Hall–Kier alpha value is -1.42. The Morgan fingerprint density at radius 2 is 0.783 bits per heavy atom. The van der Waals surface area contributed by atoms with E-state index in [0.29, 0.717) is 26.2 Å². The predicted octanol–water partition coefficient (Wildman–Crippen LogP) is 13.4. The van der Waals surface area contributed by atoms with Gasteiger partial charge in [0.25, 0.3) is 0 Å². The second kappa shape index (κ2) is 47.1. The zero-order valence-corrected chi connectivity index (χ0v) is 41.1. The van der Waals surface area contributed by atoms with Gasteiger partial charge in [0.15, 0.2) is 0 Å². The summed E-state index contributed by atoms with van der Waals surface area (Å²) in [7, 11) is 4.32. The lowest BCUT2D eigenvalue weighted by molar-refractivity contribution is -0.156. The minimum atomic E-state index is -0.316. The highest BCUT2D eigenvalue weighted by atomic mass is 16.6. The van der Waals surface area contributed by atoms with Crippen molar-refractivity contribution < 1.29 is 28.5 Å². The van der Waals surface area contributed by atoms with E-state index in [-0.39, 0.29) is 18.2 Å². The van der Waals surface area contributed by atoms with Gasteiger partial charge in [0, 0.05) is 32.7 Å². The molecule has 0 unspecified atom stereocenters. The van der Waals surface area contributed by atoms with Crippen LogP contribution in [0.1, 0.15) is 227 Å². The second-order valence-corrected chi connectivity index (χ2v) is 18.0. The van der Waals surface area contributed by atoms with Gasteiger partial charge in [-0.2, -0.15) is 0 Å². The molecule has 0 aromatic heterocycles. The molecule has 358 valence electrons. The molecular formula is C51H103N3O6. The summed E-state index contributed by atoms with van der Waals surface area (Å²) in [6.45, 7) is 18.1. The van der Waals surface area contributed by atoms with Gasteiger partial charge in [-0.25, -0.2) is 4.79 Å². The number of carbonyl (C=O) groups is 2. The largest absolute Gasteiger partial charge is 0.457 e. The van der Waals surface area contributed by atoms with E-state index < -0.39 is 0 Å². The van der Waals surface area contributed by atoms with Crippen LogP contribution in [0, 0.1) is 0 Å². The number of amides is 1. The maximum atomic E-state index is 12.9. The summed E-state index contributed by atoms with van der Waals surface area (Å²) in [4.78, 5) is 32.6. The number of carbonyl (C=O) groups excluding carboxylic acids is 2. The third-order valence-corrected chi connectivity index (χ3v) is 11.5. The third-order valence-electron chi connectivity index (χ3n) is 11.5. The fourth-order valence-corrected chi connectivity index (χ4v) is 7.61. The lowest BCUT2D eigenvalue weighted by atomic mass is 10.1. The molecule has 0 fully saturated rings. The van der Waals surface area contributed by atoms with Crippen molar-refractivity contribution in [1.29, 1.82) is 0 Å². The SMILES string of the molecule is CCCCCCCCN(CCCCCC)C(=O)OCCCCCCCN(CCCCCCCC(=O)OC(COCCCCCC)COCCCCCC)CCCCN(C)C. The number of hydrogen-bond donors (Lipinski definition) is 0. The van der Waals surface area contributed by atoms with Gasteiger partial charge >= 0.3 is 12.1 Å². The standard InChI is InChI=1S/C51H103N3O6/c1-7-11-15-19-25-31-43-54(42-30-16-12-8-2)51(56)59-46-36-26-21-24-29-40-53(41-33-32-38-52(5)6)39-28-23-20-22-27-37-50(55)60-49(47-57-44-34-17-13-9-3)48-58-45-35-18-14-10-4/h49H,7-48H2,1-6H3. The first-order valence-electron chi connectivity index (χ1n) is 26.0. The van der Waals surface area contributed by atoms with E-state index in [2.05, 4.69) is 51.6 Å². The van der Waals surface area contributed by atoms with Crippen LogP contribution in [0.2, 0.25) is 0 Å². The Kier molecular flexibility index (Phi) is 46.0. The van der Waals surface area contributed by atoms with Crippen LogP contribution in [0.5, 0.6) is 0 Å². The average molecular weight is 854 g/mol. The normalized spacial score (nSPS) is 11.7. The first kappa shape index (κ1) is 58.6. The smallest absolute Gasteiger partial charge is 0.409 e. The van der Waals surface area contributed by atoms with Crippen molar-refractivity contribution in [2.45, 2.75) is 233 Å². The molecule has 9 heteroatoms. The molecule has 0 saturated carbocycles. The van der Waals surface area contributed by atoms with E-state index in [9.17, 15) is 9.59 Å². The molecule has 0 heterocycles. The summed E-state index contributed by atoms with van der Waals surface area (Å²) in [5.74, 6) is -0.118. The Bertz CT molecular complexity index is 877. The van der Waals surface area contributed by atoms with Crippen molar-refractivity contribution >= 4 is 12.1 Å². The van der Waals surface area contributed by atoms with Crippen LogP contribution >= 0.6 is 0 Å². The number of rotatable bonds is 48. The van der Waals surface area contributed by atoms with Crippen LogP contribution in [0.3, 0.4) is 0 Å². The van der Waals surface area contributed by atoms with Crippen molar-refractivity contribution in [2.24, 2.45) is 0 Å². The first-order chi connectivity index (χ1) is 29.4. The molecule has 0 bridgehead atoms. The maximum Gasteiger partial charge on any atom is 0.409 e. The maximum absolute atomic E-state index is 12.9. The van der Waals surface area contributed by atoms with Crippen molar-refractivity contribution in [1.82, 2.24) is 14.7 Å². The van der Waals surface area contributed by atoms with Crippen LogP contribution in [-0.4, -0.2) is 119 Å². The monoisotopic (exact) mass is 854 g/mol. The Labute approximate surface area is 373 Å². The van der Waals surface area contributed by atoms with Gasteiger partial charge < -0.3 is 33.6 Å². The molecule has 0 aliphatic rings. The molecule has 0 aromatic carbocycles. The second-order valence-electron chi connectivity index (χ2n) is 18.0. The van der Waals surface area contributed by atoms with Gasteiger partial charge in [-0.05, 0) is 104 Å². The van der Waals surface area contributed by atoms with Gasteiger partial charge in [-0.15, -0.1) is 0 Å². The number of esters is 1. The molecule has 0 saturated heterocycles. The van der Waals surface area contributed by atoms with Crippen molar-refractivity contribution in [3.05, 3.63) is 0 Å². The molecule has 1 amide bonds. The molecule has 0 aliphatic carbocycles. The lowest BCUT2D eigenvalue weighted by Gasteiger charge is -2.23. The summed E-state index contributed by atoms with van der Waals surface area (Å²) in [5.41, 5.74) is 0. The van der Waals surface area contributed by atoms with Crippen LogP contribution in [-0.2, 0) is 23.7 Å². The zero-order chi connectivity index (χ0) is 44.0. The summed E-state index contributed by atoms with van der Waals surface area (Å²) in [6, 6.07) is 0. The molecule has 0 atom stereocenters. The van der Waals surface area contributed by atoms with E-state index in [0.717, 1.165) is 97.2 Å². The topological polar surface area (TPSA) is 80.8 Å². The molecule has 0 spiro atoms. The minimum Gasteiger partial charge on any atom is -0.457 e. The highest BCUT2D eigenvalue weighted by molar-refractivity contribution is 5.69. The Morgan fingerprint density at radius 3 is 1.28 bits per heavy atom. The summed E-state index contributed by atoms with van der Waals surface area (Å²) >= 11 is 0. The number of unbranched alkanes of at least 4 members (excludes halogenated alkanes) is 23. The molecule has 0 N–H and O–H groups in total. The van der Waals surface area contributed by atoms with Crippen LogP contribution in [0.4, 0.5) is 4.79 Å². The van der Waals surface area contributed by atoms with E-state index in [1.807, 2.05) is 4.90 Å². The van der Waals surface area contributed by atoms with E-state index in [4.69, 9.17) is 18.9 Å². The molecule has 9 nitrogen and oxygen atoms in total. The predicted molar refractivity (Wildman–Crippen MR) is 255 cm³/mol. The molecule has 0 aromatic rings. The van der Waals surface area contributed by atoms with E-state index >= 15 is 0 Å². The third kappa shape index (κ3) is 41.9. The molecule has 0 aliphatic heterocycles. The molecule has 0 radical (unpaired) electrons. The fraction of sp³-hybridized carbons (Fsp3) is 0.961. The van der Waals surface area contributed by atoms with Gasteiger partial charge in [0.2, 0.25) is 0 Å². The van der Waals surface area contributed by atoms with Crippen molar-refractivity contribution in [3.63, 3.8) is 0 Å². The molecule has 0 rings (SSSR count). The van der Waals surface area contributed by atoms with Gasteiger partial charge in [-0.1, -0.05) is 156 Å². The Morgan fingerprint density at radius 1 is 0.417 bits per heavy atom. The average Bonchev–Trinajstić information content (AvgIpc) is 3.23. The summed E-state index contributed by atoms with van der Waals surface area (Å²) in [6.07, 6.45) is 35.4. The number of ether oxygens (including phenoxy) is 4. The first-order valence-corrected chi connectivity index (χ1v) is 26.0. The molecule has 60 heavy (non-hydrogen) atoms. The zero-order valence-electron chi connectivity index (χ0n) is 41.1. The van der Waals surface area contributed by atoms with Crippen molar-refractivity contribution in [2.75, 3.05) is 86.4 Å². The van der Waals surface area contributed by atoms with E-state index in [1.165, 1.54) is 148 Å². The van der Waals surface area contributed by atoms with Crippen LogP contribution in [0.15, 0.2) is 0 Å². The molecular weight excluding hydrogens is 751 g/mol. The van der Waals surface area contributed by atoms with E-state index in [1.54, 1.807) is 0 Å². The summed E-state index contributed by atoms with van der Waals surface area (Å²) in [5, 5.41) is 0. The fourth-order valence-electron chi connectivity index (χ4n) is 7.61. The van der Waals surface area contributed by atoms with Crippen LogP contribution in [0.25, 0.3) is 0 Å². The highest BCUT2D eigenvalue weighted by Crippen LogP contribution is 2.13. The van der Waals surface area contributed by atoms with Gasteiger partial charge in [0.1, 0.15) is 6.10 Å². The van der Waals surface area contributed by atoms with Gasteiger partial charge in [-0.3, -0.25) is 4.79 Å². The lowest BCUT2D eigenvalue weighted by Crippen LogP contribution is -2.33. The van der Waals surface area contributed by atoms with Crippen LogP contribution < -0.4 is 0 Å². The highest BCUT2D eigenvalue weighted by Gasteiger charge is 2.16. The number of hydrogen-bond acceptors (Lipinski definition) is 8.